The number of carboxylic acid groups (broad SMARTS) is 1. The van der Waals surface area contributed by atoms with E-state index in [1.807, 2.05) is 6.92 Å². The molecule has 0 amide bonds. The van der Waals surface area contributed by atoms with Crippen LogP contribution >= 0.6 is 0 Å². The molecule has 1 saturated carbocycles. The molecule has 0 aromatic rings. The molecule has 0 aromatic heterocycles. The Morgan fingerprint density at radius 1 is 1.40 bits per heavy atom. The lowest BCUT2D eigenvalue weighted by Gasteiger charge is -2.38. The van der Waals surface area contributed by atoms with E-state index in [2.05, 4.69) is 0 Å². The first-order chi connectivity index (χ1) is 7.04. The van der Waals surface area contributed by atoms with Crippen LogP contribution in [0.1, 0.15) is 58.3 Å². The number of aliphatic carboxylic acids is 1. The van der Waals surface area contributed by atoms with E-state index in [0.29, 0.717) is 6.42 Å². The summed E-state index contributed by atoms with van der Waals surface area (Å²) in [6.45, 7) is 2.02. The van der Waals surface area contributed by atoms with E-state index in [-0.39, 0.29) is 11.5 Å². The molecule has 3 N–H and O–H groups in total. The summed E-state index contributed by atoms with van der Waals surface area (Å²) in [5.41, 5.74) is 6.09. The summed E-state index contributed by atoms with van der Waals surface area (Å²) in [5.74, 6) is -0.676. The van der Waals surface area contributed by atoms with Crippen LogP contribution in [0, 0.1) is 5.41 Å². The lowest BCUT2D eigenvalue weighted by Crippen LogP contribution is -2.32. The van der Waals surface area contributed by atoms with Crippen molar-refractivity contribution in [2.75, 3.05) is 0 Å². The van der Waals surface area contributed by atoms with Crippen LogP contribution in [0.4, 0.5) is 0 Å². The van der Waals surface area contributed by atoms with Gasteiger partial charge in [-0.15, -0.1) is 0 Å². The zero-order valence-electron chi connectivity index (χ0n) is 9.67. The van der Waals surface area contributed by atoms with Crippen LogP contribution in [0.15, 0.2) is 0 Å². The Labute approximate surface area is 92.0 Å². The lowest BCUT2D eigenvalue weighted by molar-refractivity contribution is -0.137. The molecule has 0 aromatic carbocycles. The highest BCUT2D eigenvalue weighted by atomic mass is 16.4. The standard InChI is InChI=1S/C12H23NO2/c1-10(13)9-12(8-5-11(14)15)6-3-2-4-7-12/h10H,2-9,13H2,1H3,(H,14,15). The first-order valence-electron chi connectivity index (χ1n) is 6.01. The summed E-state index contributed by atoms with van der Waals surface area (Å²) in [4.78, 5) is 10.6. The Morgan fingerprint density at radius 3 is 2.47 bits per heavy atom. The van der Waals surface area contributed by atoms with E-state index in [4.69, 9.17) is 10.8 Å². The third-order valence-electron chi connectivity index (χ3n) is 3.54. The molecule has 1 aliphatic rings. The zero-order chi connectivity index (χ0) is 11.3. The maximum absolute atomic E-state index is 10.6. The molecule has 1 unspecified atom stereocenters. The van der Waals surface area contributed by atoms with Crippen LogP contribution in [-0.4, -0.2) is 17.1 Å². The zero-order valence-corrected chi connectivity index (χ0v) is 9.67. The molecule has 3 heteroatoms. The van der Waals surface area contributed by atoms with Gasteiger partial charge in [-0.05, 0) is 38.0 Å². The van der Waals surface area contributed by atoms with Crippen molar-refractivity contribution in [2.24, 2.45) is 11.1 Å². The molecule has 1 fully saturated rings. The van der Waals surface area contributed by atoms with Gasteiger partial charge in [0.15, 0.2) is 0 Å². The molecule has 0 saturated heterocycles. The van der Waals surface area contributed by atoms with E-state index in [1.165, 1.54) is 32.1 Å². The molecule has 0 radical (unpaired) electrons. The Bertz CT molecular complexity index is 208. The first-order valence-corrected chi connectivity index (χ1v) is 6.01. The summed E-state index contributed by atoms with van der Waals surface area (Å²) in [5, 5.41) is 8.76. The fourth-order valence-corrected chi connectivity index (χ4v) is 2.91. The molecule has 88 valence electrons. The third-order valence-corrected chi connectivity index (χ3v) is 3.54. The van der Waals surface area contributed by atoms with Crippen LogP contribution in [0.3, 0.4) is 0 Å². The Balaban J connectivity index is 2.53. The Kier molecular flexibility index (Phi) is 4.58. The second-order valence-electron chi connectivity index (χ2n) is 5.14. The van der Waals surface area contributed by atoms with Crippen LogP contribution in [0.25, 0.3) is 0 Å². The molecule has 15 heavy (non-hydrogen) atoms. The molecule has 0 heterocycles. The lowest BCUT2D eigenvalue weighted by atomic mass is 9.68. The minimum absolute atomic E-state index is 0.192. The van der Waals surface area contributed by atoms with Gasteiger partial charge in [-0.25, -0.2) is 0 Å². The molecule has 1 atom stereocenters. The van der Waals surface area contributed by atoms with Crippen LogP contribution in [0.2, 0.25) is 0 Å². The predicted octanol–water partition coefficient (Wildman–Crippen LogP) is 2.54. The summed E-state index contributed by atoms with van der Waals surface area (Å²) < 4.78 is 0. The van der Waals surface area contributed by atoms with Gasteiger partial charge in [0.05, 0.1) is 0 Å². The fraction of sp³-hybridized carbons (Fsp3) is 0.917. The molecule has 3 nitrogen and oxygen atoms in total. The molecule has 0 aliphatic heterocycles. The first kappa shape index (κ1) is 12.5. The van der Waals surface area contributed by atoms with Crippen molar-refractivity contribution in [3.8, 4) is 0 Å². The minimum atomic E-state index is -0.676. The number of carboxylic acids is 1. The molecule has 1 rings (SSSR count). The van der Waals surface area contributed by atoms with E-state index in [0.717, 1.165) is 12.8 Å². The number of carbonyl (C=O) groups is 1. The highest BCUT2D eigenvalue weighted by Gasteiger charge is 2.32. The van der Waals surface area contributed by atoms with Gasteiger partial charge in [0.25, 0.3) is 0 Å². The molecule has 0 spiro atoms. The maximum atomic E-state index is 10.6. The third kappa shape index (κ3) is 4.20. The predicted molar refractivity (Wildman–Crippen MR) is 60.7 cm³/mol. The molecular weight excluding hydrogens is 190 g/mol. The van der Waals surface area contributed by atoms with Gasteiger partial charge >= 0.3 is 5.97 Å². The maximum Gasteiger partial charge on any atom is 0.303 e. The van der Waals surface area contributed by atoms with Gasteiger partial charge < -0.3 is 10.8 Å². The number of nitrogens with two attached hydrogens (primary N) is 1. The molecule has 1 aliphatic carbocycles. The number of hydrogen-bond donors (Lipinski definition) is 2. The average Bonchev–Trinajstić information content (AvgIpc) is 2.15. The van der Waals surface area contributed by atoms with Crippen molar-refractivity contribution in [1.29, 1.82) is 0 Å². The van der Waals surface area contributed by atoms with Gasteiger partial charge in [0.1, 0.15) is 0 Å². The van der Waals surface area contributed by atoms with Gasteiger partial charge in [-0.2, -0.15) is 0 Å². The van der Waals surface area contributed by atoms with Gasteiger partial charge in [-0.1, -0.05) is 19.3 Å². The van der Waals surface area contributed by atoms with E-state index < -0.39 is 5.97 Å². The molecule has 0 bridgehead atoms. The van der Waals surface area contributed by atoms with Crippen molar-refractivity contribution < 1.29 is 9.90 Å². The van der Waals surface area contributed by atoms with Crippen LogP contribution in [0.5, 0.6) is 0 Å². The fourth-order valence-electron chi connectivity index (χ4n) is 2.91. The van der Waals surface area contributed by atoms with E-state index >= 15 is 0 Å². The van der Waals surface area contributed by atoms with Crippen molar-refractivity contribution in [2.45, 2.75) is 64.3 Å². The van der Waals surface area contributed by atoms with Crippen molar-refractivity contribution >= 4 is 5.97 Å². The van der Waals surface area contributed by atoms with Gasteiger partial charge in [-0.3, -0.25) is 4.79 Å². The van der Waals surface area contributed by atoms with E-state index in [1.54, 1.807) is 0 Å². The highest BCUT2D eigenvalue weighted by Crippen LogP contribution is 2.43. The summed E-state index contributed by atoms with van der Waals surface area (Å²) >= 11 is 0. The quantitative estimate of drug-likeness (QED) is 0.737. The normalized spacial score (nSPS) is 22.3. The smallest absolute Gasteiger partial charge is 0.303 e. The summed E-state index contributed by atoms with van der Waals surface area (Å²) in [7, 11) is 0. The van der Waals surface area contributed by atoms with Crippen molar-refractivity contribution in [1.82, 2.24) is 0 Å². The van der Waals surface area contributed by atoms with Gasteiger partial charge in [0, 0.05) is 12.5 Å². The topological polar surface area (TPSA) is 63.3 Å². The van der Waals surface area contributed by atoms with Gasteiger partial charge in [0.2, 0.25) is 0 Å². The summed E-state index contributed by atoms with van der Waals surface area (Å²) in [6, 6.07) is 0.192. The summed E-state index contributed by atoms with van der Waals surface area (Å²) in [6.07, 6.45) is 8.22. The average molecular weight is 213 g/mol. The van der Waals surface area contributed by atoms with Crippen LogP contribution in [-0.2, 0) is 4.79 Å². The minimum Gasteiger partial charge on any atom is -0.481 e. The molecular formula is C12H23NO2. The second kappa shape index (κ2) is 5.50. The van der Waals surface area contributed by atoms with Crippen molar-refractivity contribution in [3.63, 3.8) is 0 Å². The number of hydrogen-bond acceptors (Lipinski definition) is 2. The van der Waals surface area contributed by atoms with Crippen molar-refractivity contribution in [3.05, 3.63) is 0 Å². The highest BCUT2D eigenvalue weighted by molar-refractivity contribution is 5.66. The van der Waals surface area contributed by atoms with Crippen LogP contribution < -0.4 is 5.73 Å². The Morgan fingerprint density at radius 2 is 2.00 bits per heavy atom. The van der Waals surface area contributed by atoms with E-state index in [9.17, 15) is 4.79 Å². The second-order valence-corrected chi connectivity index (χ2v) is 5.14. The number of rotatable bonds is 5. The monoisotopic (exact) mass is 213 g/mol. The SMILES string of the molecule is CC(N)CC1(CCC(=O)O)CCCCC1. The largest absolute Gasteiger partial charge is 0.481 e. The Hall–Kier alpha value is -0.570.